The summed E-state index contributed by atoms with van der Waals surface area (Å²) in [5.41, 5.74) is 2.41. The van der Waals surface area contributed by atoms with E-state index >= 15 is 0 Å². The van der Waals surface area contributed by atoms with E-state index in [4.69, 9.17) is 4.52 Å². The predicted octanol–water partition coefficient (Wildman–Crippen LogP) is 2.33. The normalized spacial score (nSPS) is 17.4. The topological polar surface area (TPSA) is 77.0 Å². The Morgan fingerprint density at radius 2 is 2.12 bits per heavy atom. The molecule has 0 saturated carbocycles. The van der Waals surface area contributed by atoms with E-state index in [1.54, 1.807) is 6.92 Å². The van der Waals surface area contributed by atoms with Crippen LogP contribution in [-0.4, -0.2) is 44.0 Å². The summed E-state index contributed by atoms with van der Waals surface area (Å²) in [7, 11) is 0. The van der Waals surface area contributed by atoms with Crippen LogP contribution in [0.1, 0.15) is 28.6 Å². The highest BCUT2D eigenvalue weighted by atomic mass is 16.5. The van der Waals surface area contributed by atoms with Crippen molar-refractivity contribution in [2.75, 3.05) is 13.1 Å². The summed E-state index contributed by atoms with van der Waals surface area (Å²) in [6, 6.07) is 10.1. The Hall–Kier alpha value is -2.96. The number of carbonyl (C=O) groups excluding carboxylic acids is 1. The minimum atomic E-state index is -0.0420. The third kappa shape index (κ3) is 2.58. The predicted molar refractivity (Wildman–Crippen MR) is 86.3 cm³/mol. The van der Waals surface area contributed by atoms with Gasteiger partial charge >= 0.3 is 0 Å². The van der Waals surface area contributed by atoms with Crippen molar-refractivity contribution >= 4 is 5.91 Å². The molecule has 24 heavy (non-hydrogen) atoms. The first-order valence-electron chi connectivity index (χ1n) is 7.90. The van der Waals surface area contributed by atoms with Gasteiger partial charge in [-0.3, -0.25) is 4.79 Å². The van der Waals surface area contributed by atoms with E-state index in [1.807, 2.05) is 46.1 Å². The van der Waals surface area contributed by atoms with E-state index in [0.29, 0.717) is 24.4 Å². The summed E-state index contributed by atoms with van der Waals surface area (Å²) in [6.07, 6.45) is 4.28. The molecule has 0 radical (unpaired) electrons. The molecule has 1 aromatic carbocycles. The summed E-state index contributed by atoms with van der Waals surface area (Å²) in [5, 5.41) is 12.2. The summed E-state index contributed by atoms with van der Waals surface area (Å²) >= 11 is 0. The van der Waals surface area contributed by atoms with Crippen LogP contribution in [0, 0.1) is 6.92 Å². The van der Waals surface area contributed by atoms with Crippen LogP contribution >= 0.6 is 0 Å². The van der Waals surface area contributed by atoms with Gasteiger partial charge in [0.25, 0.3) is 5.91 Å². The fraction of sp³-hybridized carbons (Fsp3) is 0.294. The van der Waals surface area contributed by atoms with Gasteiger partial charge in [0.05, 0.1) is 18.4 Å². The van der Waals surface area contributed by atoms with Crippen LogP contribution in [0.2, 0.25) is 0 Å². The molecule has 1 atom stereocenters. The van der Waals surface area contributed by atoms with Crippen molar-refractivity contribution in [1.82, 2.24) is 25.1 Å². The molecule has 4 rings (SSSR count). The molecule has 1 aliphatic rings. The molecular weight excluding hydrogens is 306 g/mol. The summed E-state index contributed by atoms with van der Waals surface area (Å²) in [5.74, 6) is 0.509. The van der Waals surface area contributed by atoms with Crippen molar-refractivity contribution in [2.45, 2.75) is 19.4 Å². The highest BCUT2D eigenvalue weighted by Crippen LogP contribution is 2.25. The molecule has 2 aromatic heterocycles. The van der Waals surface area contributed by atoms with Gasteiger partial charge in [-0.05, 0) is 13.3 Å². The highest BCUT2D eigenvalue weighted by molar-refractivity contribution is 5.94. The molecule has 1 unspecified atom stereocenters. The number of aryl methyl sites for hydroxylation is 1. The number of carbonyl (C=O) groups is 1. The van der Waals surface area contributed by atoms with Crippen molar-refractivity contribution in [3.8, 4) is 11.3 Å². The molecule has 1 amide bonds. The molecule has 1 fully saturated rings. The summed E-state index contributed by atoms with van der Waals surface area (Å²) in [4.78, 5) is 14.3. The van der Waals surface area contributed by atoms with Crippen molar-refractivity contribution in [3.63, 3.8) is 0 Å². The second-order valence-electron chi connectivity index (χ2n) is 5.94. The smallest absolute Gasteiger partial charge is 0.259 e. The largest absolute Gasteiger partial charge is 0.361 e. The van der Waals surface area contributed by atoms with Gasteiger partial charge < -0.3 is 9.42 Å². The minimum absolute atomic E-state index is 0.0420. The van der Waals surface area contributed by atoms with Gasteiger partial charge in [-0.2, -0.15) is 0 Å². The zero-order valence-electron chi connectivity index (χ0n) is 13.3. The molecule has 3 aromatic rings. The maximum absolute atomic E-state index is 12.5. The van der Waals surface area contributed by atoms with E-state index < -0.39 is 0 Å². The monoisotopic (exact) mass is 323 g/mol. The van der Waals surface area contributed by atoms with E-state index in [-0.39, 0.29) is 11.9 Å². The average molecular weight is 323 g/mol. The standard InChI is InChI=1S/C17H17N5O2/c1-12-15(9-18-24-12)17(23)21-8-7-14(10-21)22-11-16(19-20-22)13-5-3-2-4-6-13/h2-6,9,11,14H,7-8,10H2,1H3. The maximum Gasteiger partial charge on any atom is 0.259 e. The quantitative estimate of drug-likeness (QED) is 0.739. The van der Waals surface area contributed by atoms with Crippen molar-refractivity contribution in [3.05, 3.63) is 54.0 Å². The number of hydrogen-bond acceptors (Lipinski definition) is 5. The zero-order chi connectivity index (χ0) is 16.5. The first kappa shape index (κ1) is 14.6. The molecular formula is C17H17N5O2. The number of benzene rings is 1. The van der Waals surface area contributed by atoms with Gasteiger partial charge in [0.2, 0.25) is 0 Å². The maximum atomic E-state index is 12.5. The van der Waals surface area contributed by atoms with Crippen LogP contribution in [0.3, 0.4) is 0 Å². The second kappa shape index (κ2) is 5.92. The average Bonchev–Trinajstić information content (AvgIpc) is 3.35. The fourth-order valence-electron chi connectivity index (χ4n) is 3.01. The van der Waals surface area contributed by atoms with Crippen molar-refractivity contribution < 1.29 is 9.32 Å². The Balaban J connectivity index is 1.49. The minimum Gasteiger partial charge on any atom is -0.361 e. The lowest BCUT2D eigenvalue weighted by molar-refractivity contribution is 0.0785. The lowest BCUT2D eigenvalue weighted by Crippen LogP contribution is -2.29. The van der Waals surface area contributed by atoms with Gasteiger partial charge in [-0.1, -0.05) is 40.7 Å². The van der Waals surface area contributed by atoms with Crippen LogP contribution in [0.15, 0.2) is 47.2 Å². The SMILES string of the molecule is Cc1oncc1C(=O)N1CCC(n2cc(-c3ccccc3)nn2)C1. The van der Waals surface area contributed by atoms with Gasteiger partial charge in [0, 0.05) is 18.7 Å². The van der Waals surface area contributed by atoms with Crippen LogP contribution in [0.25, 0.3) is 11.3 Å². The number of amides is 1. The molecule has 1 aliphatic heterocycles. The number of hydrogen-bond donors (Lipinski definition) is 0. The second-order valence-corrected chi connectivity index (χ2v) is 5.94. The van der Waals surface area contributed by atoms with E-state index in [9.17, 15) is 4.79 Å². The van der Waals surface area contributed by atoms with Crippen LogP contribution in [-0.2, 0) is 0 Å². The molecule has 0 bridgehead atoms. The molecule has 7 nitrogen and oxygen atoms in total. The first-order chi connectivity index (χ1) is 11.7. The zero-order valence-corrected chi connectivity index (χ0v) is 13.3. The molecule has 7 heteroatoms. The Morgan fingerprint density at radius 3 is 2.88 bits per heavy atom. The van der Waals surface area contributed by atoms with E-state index in [2.05, 4.69) is 15.5 Å². The third-order valence-electron chi connectivity index (χ3n) is 4.39. The molecule has 122 valence electrons. The lowest BCUT2D eigenvalue weighted by Gasteiger charge is -2.15. The van der Waals surface area contributed by atoms with Gasteiger partial charge in [-0.25, -0.2) is 4.68 Å². The molecule has 1 saturated heterocycles. The Labute approximate surface area is 138 Å². The number of likely N-dealkylation sites (tertiary alicyclic amines) is 1. The first-order valence-corrected chi connectivity index (χ1v) is 7.90. The Bertz CT molecular complexity index is 855. The number of aromatic nitrogens is 4. The number of nitrogens with zero attached hydrogens (tertiary/aromatic N) is 5. The highest BCUT2D eigenvalue weighted by Gasteiger charge is 2.30. The van der Waals surface area contributed by atoms with Crippen LogP contribution in [0.4, 0.5) is 0 Å². The Morgan fingerprint density at radius 1 is 1.29 bits per heavy atom. The molecule has 0 N–H and O–H groups in total. The summed E-state index contributed by atoms with van der Waals surface area (Å²) < 4.78 is 6.84. The van der Waals surface area contributed by atoms with Crippen LogP contribution in [0.5, 0.6) is 0 Å². The third-order valence-corrected chi connectivity index (χ3v) is 4.39. The molecule has 0 spiro atoms. The van der Waals surface area contributed by atoms with Crippen molar-refractivity contribution in [1.29, 1.82) is 0 Å². The van der Waals surface area contributed by atoms with E-state index in [0.717, 1.165) is 17.7 Å². The Kier molecular flexibility index (Phi) is 3.60. The van der Waals surface area contributed by atoms with Crippen molar-refractivity contribution in [2.24, 2.45) is 0 Å². The lowest BCUT2D eigenvalue weighted by atomic mass is 10.2. The number of rotatable bonds is 3. The fourth-order valence-corrected chi connectivity index (χ4v) is 3.01. The molecule has 3 heterocycles. The molecule has 0 aliphatic carbocycles. The van der Waals surface area contributed by atoms with Gasteiger partial charge in [0.1, 0.15) is 17.0 Å². The van der Waals surface area contributed by atoms with Gasteiger partial charge in [-0.15, -0.1) is 5.10 Å². The van der Waals surface area contributed by atoms with Crippen LogP contribution < -0.4 is 0 Å². The van der Waals surface area contributed by atoms with E-state index in [1.165, 1.54) is 6.20 Å². The summed E-state index contributed by atoms with van der Waals surface area (Å²) in [6.45, 7) is 3.05. The van der Waals surface area contributed by atoms with Gasteiger partial charge in [0.15, 0.2) is 0 Å².